The van der Waals surface area contributed by atoms with E-state index < -0.39 is 0 Å². The molecule has 0 spiro atoms. The molecule has 5 heteroatoms. The van der Waals surface area contributed by atoms with Gasteiger partial charge in [-0.3, -0.25) is 9.69 Å². The number of fused-ring (bicyclic) bond motifs is 1. The van der Waals surface area contributed by atoms with Crippen LogP contribution in [0.1, 0.15) is 23.6 Å². The minimum atomic E-state index is -0.0241. The highest BCUT2D eigenvalue weighted by molar-refractivity contribution is 8.26. The number of hydrogen-bond donors (Lipinski definition) is 0. The number of ether oxygens (including phenoxy) is 1. The Morgan fingerprint density at radius 2 is 2.08 bits per heavy atom. The van der Waals surface area contributed by atoms with Gasteiger partial charge in [-0.1, -0.05) is 60.4 Å². The minimum Gasteiger partial charge on any atom is -0.490 e. The van der Waals surface area contributed by atoms with Gasteiger partial charge in [0.25, 0.3) is 5.91 Å². The third kappa shape index (κ3) is 3.34. The van der Waals surface area contributed by atoms with Gasteiger partial charge in [0.05, 0.1) is 11.4 Å². The fourth-order valence-electron chi connectivity index (χ4n) is 3.09. The van der Waals surface area contributed by atoms with Crippen molar-refractivity contribution >= 4 is 40.3 Å². The van der Waals surface area contributed by atoms with Crippen molar-refractivity contribution in [1.29, 1.82) is 0 Å². The van der Waals surface area contributed by atoms with E-state index >= 15 is 0 Å². The zero-order valence-electron chi connectivity index (χ0n) is 13.8. The van der Waals surface area contributed by atoms with E-state index in [9.17, 15) is 4.79 Å². The van der Waals surface area contributed by atoms with Crippen LogP contribution in [0.15, 0.2) is 53.4 Å². The van der Waals surface area contributed by atoms with Crippen molar-refractivity contribution in [2.75, 3.05) is 0 Å². The van der Waals surface area contributed by atoms with Gasteiger partial charge in [0.15, 0.2) is 0 Å². The van der Waals surface area contributed by atoms with Gasteiger partial charge in [0, 0.05) is 6.42 Å². The Morgan fingerprint density at radius 1 is 1.28 bits per heavy atom. The smallest absolute Gasteiger partial charge is 0.266 e. The van der Waals surface area contributed by atoms with Gasteiger partial charge < -0.3 is 4.74 Å². The molecular formula is C20H17NO2S2. The third-order valence-corrected chi connectivity index (χ3v) is 5.65. The van der Waals surface area contributed by atoms with E-state index in [1.165, 1.54) is 17.3 Å². The highest BCUT2D eigenvalue weighted by Gasteiger charge is 2.32. The van der Waals surface area contributed by atoms with E-state index in [4.69, 9.17) is 17.0 Å². The first-order chi connectivity index (χ1) is 12.1. The van der Waals surface area contributed by atoms with Crippen LogP contribution in [0.25, 0.3) is 6.08 Å². The predicted molar refractivity (Wildman–Crippen MR) is 105 cm³/mol. The summed E-state index contributed by atoms with van der Waals surface area (Å²) in [5.74, 6) is 0.922. The van der Waals surface area contributed by atoms with E-state index in [1.54, 1.807) is 4.90 Å². The molecule has 126 valence electrons. The summed E-state index contributed by atoms with van der Waals surface area (Å²) in [6, 6.07) is 16.0. The number of thioether (sulfide) groups is 1. The molecule has 2 aliphatic heterocycles. The van der Waals surface area contributed by atoms with Crippen LogP contribution in [0.4, 0.5) is 0 Å². The number of thiocarbonyl (C=S) groups is 1. The van der Waals surface area contributed by atoms with Crippen molar-refractivity contribution in [3.8, 4) is 5.75 Å². The van der Waals surface area contributed by atoms with Crippen molar-refractivity contribution in [2.45, 2.75) is 26.0 Å². The van der Waals surface area contributed by atoms with Crippen LogP contribution in [0.5, 0.6) is 5.75 Å². The zero-order chi connectivity index (χ0) is 17.4. The van der Waals surface area contributed by atoms with Gasteiger partial charge in [-0.05, 0) is 41.8 Å². The quantitative estimate of drug-likeness (QED) is 0.594. The van der Waals surface area contributed by atoms with E-state index in [2.05, 4.69) is 13.0 Å². The lowest BCUT2D eigenvalue weighted by atomic mass is 10.1. The number of rotatable bonds is 3. The van der Waals surface area contributed by atoms with Crippen LogP contribution in [-0.2, 0) is 17.8 Å². The minimum absolute atomic E-state index is 0.0241. The monoisotopic (exact) mass is 367 g/mol. The Morgan fingerprint density at radius 3 is 2.88 bits per heavy atom. The van der Waals surface area contributed by atoms with Gasteiger partial charge in [-0.2, -0.15) is 0 Å². The molecule has 2 aliphatic rings. The molecule has 2 aromatic carbocycles. The maximum Gasteiger partial charge on any atom is 0.266 e. The van der Waals surface area contributed by atoms with Crippen LogP contribution in [-0.4, -0.2) is 21.2 Å². The molecule has 0 unspecified atom stereocenters. The molecule has 0 aliphatic carbocycles. The third-order valence-electron chi connectivity index (χ3n) is 4.27. The summed E-state index contributed by atoms with van der Waals surface area (Å²) in [4.78, 5) is 15.1. The van der Waals surface area contributed by atoms with Crippen molar-refractivity contribution < 1.29 is 9.53 Å². The van der Waals surface area contributed by atoms with Crippen molar-refractivity contribution in [1.82, 2.24) is 4.90 Å². The number of carbonyl (C=O) groups excluding carboxylic acids is 1. The second-order valence-electron chi connectivity index (χ2n) is 6.25. The average molecular weight is 367 g/mol. The number of nitrogens with zero attached hydrogens (tertiary/aromatic N) is 1. The number of amides is 1. The number of hydrogen-bond acceptors (Lipinski definition) is 4. The van der Waals surface area contributed by atoms with E-state index in [-0.39, 0.29) is 12.0 Å². The average Bonchev–Trinajstić information content (AvgIpc) is 3.09. The Kier molecular flexibility index (Phi) is 4.36. The summed E-state index contributed by atoms with van der Waals surface area (Å²) in [6.45, 7) is 2.58. The highest BCUT2D eigenvalue weighted by Crippen LogP contribution is 2.35. The predicted octanol–water partition coefficient (Wildman–Crippen LogP) is 4.41. The van der Waals surface area contributed by atoms with E-state index in [0.29, 0.717) is 15.8 Å². The lowest BCUT2D eigenvalue weighted by Gasteiger charge is -2.14. The van der Waals surface area contributed by atoms with Gasteiger partial charge in [0.1, 0.15) is 16.2 Å². The molecule has 25 heavy (non-hydrogen) atoms. The summed E-state index contributed by atoms with van der Waals surface area (Å²) in [7, 11) is 0. The Hall–Kier alpha value is -2.11. The lowest BCUT2D eigenvalue weighted by Crippen LogP contribution is -2.27. The normalized spacial score (nSPS) is 20.9. The van der Waals surface area contributed by atoms with Gasteiger partial charge in [-0.15, -0.1) is 0 Å². The zero-order valence-corrected chi connectivity index (χ0v) is 15.4. The molecule has 2 aromatic rings. The summed E-state index contributed by atoms with van der Waals surface area (Å²) in [5.41, 5.74) is 3.28. The van der Waals surface area contributed by atoms with Crippen molar-refractivity contribution in [2.24, 2.45) is 0 Å². The SMILES string of the molecule is C[C@@H]1Cc2cc(/C=C3\SC(=S)N(Cc4ccccc4)C3=O)ccc2O1. The Labute approximate surface area is 156 Å². The topological polar surface area (TPSA) is 29.5 Å². The van der Waals surface area contributed by atoms with Crippen molar-refractivity contribution in [3.05, 3.63) is 70.1 Å². The molecule has 0 radical (unpaired) electrons. The van der Waals surface area contributed by atoms with Crippen LogP contribution in [0, 0.1) is 0 Å². The fourth-order valence-corrected chi connectivity index (χ4v) is 4.34. The maximum atomic E-state index is 12.7. The Balaban J connectivity index is 1.56. The van der Waals surface area contributed by atoms with E-state index in [0.717, 1.165) is 23.3 Å². The summed E-state index contributed by atoms with van der Waals surface area (Å²) in [6.07, 6.45) is 3.05. The highest BCUT2D eigenvalue weighted by atomic mass is 32.2. The molecule has 0 saturated carbocycles. The molecule has 1 amide bonds. The summed E-state index contributed by atoms with van der Waals surface area (Å²) < 4.78 is 6.34. The number of benzene rings is 2. The molecule has 1 fully saturated rings. The lowest BCUT2D eigenvalue weighted by molar-refractivity contribution is -0.122. The van der Waals surface area contributed by atoms with Crippen molar-refractivity contribution in [3.63, 3.8) is 0 Å². The second kappa shape index (κ2) is 6.65. The first kappa shape index (κ1) is 16.4. The number of carbonyl (C=O) groups is 1. The van der Waals surface area contributed by atoms with Gasteiger partial charge in [0.2, 0.25) is 0 Å². The van der Waals surface area contributed by atoms with Crippen LogP contribution in [0.2, 0.25) is 0 Å². The molecule has 2 heterocycles. The van der Waals surface area contributed by atoms with Gasteiger partial charge >= 0.3 is 0 Å². The molecule has 0 bridgehead atoms. The Bertz CT molecular complexity index is 877. The van der Waals surface area contributed by atoms with E-state index in [1.807, 2.05) is 48.5 Å². The summed E-state index contributed by atoms with van der Waals surface area (Å²) in [5, 5.41) is 0. The molecule has 1 saturated heterocycles. The molecule has 3 nitrogen and oxygen atoms in total. The molecule has 1 atom stereocenters. The van der Waals surface area contributed by atoms with Gasteiger partial charge in [-0.25, -0.2) is 0 Å². The molecule has 4 rings (SSSR count). The molecule has 0 N–H and O–H groups in total. The maximum absolute atomic E-state index is 12.7. The standard InChI is InChI=1S/C20H17NO2S2/c1-13-9-16-10-15(7-8-17(16)23-13)11-18-19(22)21(20(24)25-18)12-14-5-3-2-4-6-14/h2-8,10-11,13H,9,12H2,1H3/b18-11-/t13-/m1/s1. The van der Waals surface area contributed by atoms with Crippen LogP contribution in [0.3, 0.4) is 0 Å². The van der Waals surface area contributed by atoms with Crippen LogP contribution < -0.4 is 4.74 Å². The summed E-state index contributed by atoms with van der Waals surface area (Å²) >= 11 is 6.78. The fraction of sp³-hybridized carbons (Fsp3) is 0.200. The second-order valence-corrected chi connectivity index (χ2v) is 7.93. The first-order valence-corrected chi connectivity index (χ1v) is 9.41. The molecular weight excluding hydrogens is 350 g/mol. The van der Waals surface area contributed by atoms with Crippen LogP contribution >= 0.6 is 24.0 Å². The largest absolute Gasteiger partial charge is 0.490 e. The first-order valence-electron chi connectivity index (χ1n) is 8.19. The molecule has 0 aromatic heterocycles.